The molecule has 0 unspecified atom stereocenters. The van der Waals surface area contributed by atoms with Gasteiger partial charge < -0.3 is 4.90 Å². The summed E-state index contributed by atoms with van der Waals surface area (Å²) in [5.41, 5.74) is -0.456. The molecule has 1 amide bonds. The number of rotatable bonds is 3. The highest BCUT2D eigenvalue weighted by molar-refractivity contribution is 5.95. The fourth-order valence-electron chi connectivity index (χ4n) is 2.88. The van der Waals surface area contributed by atoms with Gasteiger partial charge in [0.15, 0.2) is 5.69 Å². The number of carbonyl (C=O) groups is 1. The molecule has 6 nitrogen and oxygen atoms in total. The first-order valence-corrected chi connectivity index (χ1v) is 7.86. The van der Waals surface area contributed by atoms with Crippen LogP contribution in [0.4, 0.5) is 13.2 Å². The van der Waals surface area contributed by atoms with Crippen molar-refractivity contribution in [2.24, 2.45) is 7.05 Å². The van der Waals surface area contributed by atoms with E-state index in [4.69, 9.17) is 0 Å². The number of halogens is 3. The van der Waals surface area contributed by atoms with E-state index in [1.54, 1.807) is 12.4 Å². The Balaban J connectivity index is 1.64. The zero-order valence-corrected chi connectivity index (χ0v) is 13.7. The first-order valence-electron chi connectivity index (χ1n) is 7.86. The maximum absolute atomic E-state index is 13.0. The first kappa shape index (κ1) is 17.4. The monoisotopic (exact) mass is 353 g/mol. The average Bonchev–Trinajstić information content (AvgIpc) is 2.98. The van der Waals surface area contributed by atoms with Gasteiger partial charge in [0.05, 0.1) is 5.56 Å². The minimum atomic E-state index is -4.64. The molecule has 2 aromatic heterocycles. The van der Waals surface area contributed by atoms with Crippen LogP contribution in [0.1, 0.15) is 21.6 Å². The largest absolute Gasteiger partial charge is 0.435 e. The Kier molecular flexibility index (Phi) is 4.76. The number of pyridine rings is 1. The first-order chi connectivity index (χ1) is 11.8. The predicted octanol–water partition coefficient (Wildman–Crippen LogP) is 1.79. The van der Waals surface area contributed by atoms with Gasteiger partial charge in [-0.1, -0.05) is 6.07 Å². The normalized spacial score (nSPS) is 16.2. The molecule has 0 radical (unpaired) electrons. The van der Waals surface area contributed by atoms with Gasteiger partial charge in [-0.05, 0) is 11.6 Å². The Bertz CT molecular complexity index is 736. The Morgan fingerprint density at radius 2 is 1.96 bits per heavy atom. The van der Waals surface area contributed by atoms with Crippen molar-refractivity contribution in [3.05, 3.63) is 47.5 Å². The zero-order chi connectivity index (χ0) is 18.0. The van der Waals surface area contributed by atoms with Crippen LogP contribution < -0.4 is 0 Å². The minimum absolute atomic E-state index is 0.380. The summed E-state index contributed by atoms with van der Waals surface area (Å²) >= 11 is 0. The van der Waals surface area contributed by atoms with Crippen LogP contribution in [0.2, 0.25) is 0 Å². The molecule has 0 N–H and O–H groups in total. The maximum Gasteiger partial charge on any atom is 0.435 e. The van der Waals surface area contributed by atoms with E-state index in [1.807, 2.05) is 12.1 Å². The molecule has 0 aliphatic carbocycles. The van der Waals surface area contributed by atoms with Crippen molar-refractivity contribution in [3.8, 4) is 0 Å². The fourth-order valence-corrected chi connectivity index (χ4v) is 2.88. The number of hydrogen-bond donors (Lipinski definition) is 0. The van der Waals surface area contributed by atoms with E-state index in [2.05, 4.69) is 15.0 Å². The highest BCUT2D eigenvalue weighted by atomic mass is 19.4. The predicted molar refractivity (Wildman–Crippen MR) is 83.6 cm³/mol. The van der Waals surface area contributed by atoms with Crippen LogP contribution in [-0.4, -0.2) is 56.7 Å². The lowest BCUT2D eigenvalue weighted by Gasteiger charge is -2.34. The molecule has 1 saturated heterocycles. The molecule has 25 heavy (non-hydrogen) atoms. The molecule has 0 saturated carbocycles. The van der Waals surface area contributed by atoms with Gasteiger partial charge in [-0.25, -0.2) is 0 Å². The van der Waals surface area contributed by atoms with E-state index in [1.165, 1.54) is 11.9 Å². The van der Waals surface area contributed by atoms with Crippen LogP contribution in [0.15, 0.2) is 30.7 Å². The molecule has 3 heterocycles. The molecule has 0 aromatic carbocycles. The van der Waals surface area contributed by atoms with E-state index < -0.39 is 23.3 Å². The molecule has 0 atom stereocenters. The van der Waals surface area contributed by atoms with E-state index in [0.29, 0.717) is 32.7 Å². The molecule has 1 aliphatic heterocycles. The summed E-state index contributed by atoms with van der Waals surface area (Å²) in [6.07, 6.45) is -0.0312. The summed E-state index contributed by atoms with van der Waals surface area (Å²) in [6, 6.07) is 3.83. The van der Waals surface area contributed by atoms with E-state index >= 15 is 0 Å². The molecule has 2 aromatic rings. The SMILES string of the molecule is Cn1cc(C(=O)N2CCN(Cc3cccnc3)CC2)c(C(F)(F)F)n1. The van der Waals surface area contributed by atoms with Crippen LogP contribution in [0.5, 0.6) is 0 Å². The van der Waals surface area contributed by atoms with E-state index in [0.717, 1.165) is 16.4 Å². The van der Waals surface area contributed by atoms with Crippen molar-refractivity contribution in [2.45, 2.75) is 12.7 Å². The lowest BCUT2D eigenvalue weighted by molar-refractivity contribution is -0.141. The van der Waals surface area contributed by atoms with Gasteiger partial charge in [0, 0.05) is 58.4 Å². The Morgan fingerprint density at radius 3 is 2.56 bits per heavy atom. The van der Waals surface area contributed by atoms with Crippen molar-refractivity contribution in [1.29, 1.82) is 0 Å². The highest BCUT2D eigenvalue weighted by Gasteiger charge is 2.40. The molecule has 0 spiro atoms. The van der Waals surface area contributed by atoms with Gasteiger partial charge in [-0.3, -0.25) is 19.4 Å². The Labute approximate surface area is 142 Å². The third-order valence-corrected chi connectivity index (χ3v) is 4.12. The maximum atomic E-state index is 13.0. The van der Waals surface area contributed by atoms with Gasteiger partial charge in [-0.2, -0.15) is 18.3 Å². The van der Waals surface area contributed by atoms with Crippen LogP contribution >= 0.6 is 0 Å². The number of piperazine rings is 1. The zero-order valence-electron chi connectivity index (χ0n) is 13.7. The Hall–Kier alpha value is -2.42. The topological polar surface area (TPSA) is 54.3 Å². The molecule has 1 aliphatic rings. The lowest BCUT2D eigenvalue weighted by atomic mass is 10.2. The second-order valence-electron chi connectivity index (χ2n) is 5.99. The molecule has 3 rings (SSSR count). The number of carbonyl (C=O) groups excluding carboxylic acids is 1. The van der Waals surface area contributed by atoms with E-state index in [9.17, 15) is 18.0 Å². The number of hydrogen-bond acceptors (Lipinski definition) is 4. The highest BCUT2D eigenvalue weighted by Crippen LogP contribution is 2.31. The van der Waals surface area contributed by atoms with Crippen molar-refractivity contribution in [3.63, 3.8) is 0 Å². The number of nitrogens with zero attached hydrogens (tertiary/aromatic N) is 5. The summed E-state index contributed by atoms with van der Waals surface area (Å²) in [5, 5.41) is 3.40. The molecular weight excluding hydrogens is 335 g/mol. The van der Waals surface area contributed by atoms with Crippen molar-refractivity contribution >= 4 is 5.91 Å². The summed E-state index contributed by atoms with van der Waals surface area (Å²) in [7, 11) is 1.37. The minimum Gasteiger partial charge on any atom is -0.336 e. The van der Waals surface area contributed by atoms with Gasteiger partial charge in [0.25, 0.3) is 5.91 Å². The molecule has 1 fully saturated rings. The number of aryl methyl sites for hydroxylation is 1. The third-order valence-electron chi connectivity index (χ3n) is 4.12. The number of alkyl halides is 3. The number of amides is 1. The van der Waals surface area contributed by atoms with Crippen LogP contribution in [-0.2, 0) is 19.8 Å². The lowest BCUT2D eigenvalue weighted by Crippen LogP contribution is -2.48. The summed E-state index contributed by atoms with van der Waals surface area (Å²) in [4.78, 5) is 20.1. The quantitative estimate of drug-likeness (QED) is 0.844. The second kappa shape index (κ2) is 6.83. The second-order valence-corrected chi connectivity index (χ2v) is 5.99. The van der Waals surface area contributed by atoms with Crippen molar-refractivity contribution in [2.75, 3.05) is 26.2 Å². The smallest absolute Gasteiger partial charge is 0.336 e. The summed E-state index contributed by atoms with van der Waals surface area (Å²) in [5.74, 6) is -0.624. The molecule has 134 valence electrons. The van der Waals surface area contributed by atoms with Crippen LogP contribution in [0.25, 0.3) is 0 Å². The van der Waals surface area contributed by atoms with Gasteiger partial charge in [-0.15, -0.1) is 0 Å². The summed E-state index contributed by atoms with van der Waals surface area (Å²) < 4.78 is 40.1. The van der Waals surface area contributed by atoms with Gasteiger partial charge in [0.2, 0.25) is 0 Å². The van der Waals surface area contributed by atoms with E-state index in [-0.39, 0.29) is 0 Å². The van der Waals surface area contributed by atoms with Crippen LogP contribution in [0.3, 0.4) is 0 Å². The van der Waals surface area contributed by atoms with Crippen molar-refractivity contribution < 1.29 is 18.0 Å². The Morgan fingerprint density at radius 1 is 1.24 bits per heavy atom. The van der Waals surface area contributed by atoms with Gasteiger partial charge in [0.1, 0.15) is 0 Å². The molecule has 0 bridgehead atoms. The molecular formula is C16H18F3N5O. The van der Waals surface area contributed by atoms with Gasteiger partial charge >= 0.3 is 6.18 Å². The van der Waals surface area contributed by atoms with Crippen molar-refractivity contribution in [1.82, 2.24) is 24.6 Å². The molecule has 9 heteroatoms. The van der Waals surface area contributed by atoms with Crippen LogP contribution in [0, 0.1) is 0 Å². The standard InChI is InChI=1S/C16H18F3N5O/c1-22-11-13(14(21-22)16(17,18)19)15(25)24-7-5-23(6-8-24)10-12-3-2-4-20-9-12/h2-4,9,11H,5-8,10H2,1H3. The fraction of sp³-hybridized carbons (Fsp3) is 0.438. The summed E-state index contributed by atoms with van der Waals surface area (Å²) in [6.45, 7) is 2.66. The number of aromatic nitrogens is 3. The average molecular weight is 353 g/mol. The third kappa shape index (κ3) is 3.98.